The van der Waals surface area contributed by atoms with Crippen LogP contribution in [0.1, 0.15) is 33.6 Å². The Balaban J connectivity index is 2.29. The number of hydrogen-bond acceptors (Lipinski definition) is 4. The molecule has 1 aliphatic rings. The molecule has 0 saturated carbocycles. The molecule has 1 heterocycles. The number of rotatable bonds is 4. The van der Waals surface area contributed by atoms with E-state index in [2.05, 4.69) is 5.32 Å². The summed E-state index contributed by atoms with van der Waals surface area (Å²) in [7, 11) is -2.98. The number of hydrogen-bond donors (Lipinski definition) is 1. The van der Waals surface area contributed by atoms with E-state index in [0.29, 0.717) is 12.8 Å². The minimum Gasteiger partial charge on any atom is -0.366 e. The van der Waals surface area contributed by atoms with E-state index < -0.39 is 15.1 Å². The largest absolute Gasteiger partial charge is 0.366 e. The zero-order valence-corrected chi connectivity index (χ0v) is 11.5. The van der Waals surface area contributed by atoms with Crippen LogP contribution in [0.2, 0.25) is 0 Å². The van der Waals surface area contributed by atoms with Crippen LogP contribution in [0.25, 0.3) is 0 Å². The Kier molecular flexibility index (Phi) is 4.55. The van der Waals surface area contributed by atoms with Crippen molar-refractivity contribution in [1.82, 2.24) is 5.32 Å². The number of carbonyl (C=O) groups is 1. The summed E-state index contributed by atoms with van der Waals surface area (Å²) in [6.45, 7) is 5.76. The standard InChI is InChI=1S/C11H21NO4S/c1-11(2,3)16-8-10(13)12-7-9-5-4-6-17(9,14)15/h9H,4-8H2,1-3H3,(H,12,13). The van der Waals surface area contributed by atoms with Gasteiger partial charge in [0.2, 0.25) is 5.91 Å². The van der Waals surface area contributed by atoms with E-state index in [-0.39, 0.29) is 30.4 Å². The van der Waals surface area contributed by atoms with Crippen molar-refractivity contribution in [2.45, 2.75) is 44.5 Å². The SMILES string of the molecule is CC(C)(C)OCC(=O)NCC1CCCS1(=O)=O. The first-order valence-electron chi connectivity index (χ1n) is 5.83. The van der Waals surface area contributed by atoms with Crippen molar-refractivity contribution >= 4 is 15.7 Å². The van der Waals surface area contributed by atoms with E-state index >= 15 is 0 Å². The van der Waals surface area contributed by atoms with Crippen molar-refractivity contribution in [3.8, 4) is 0 Å². The number of sulfone groups is 1. The fraction of sp³-hybridized carbons (Fsp3) is 0.909. The highest BCUT2D eigenvalue weighted by Crippen LogP contribution is 2.18. The van der Waals surface area contributed by atoms with Crippen LogP contribution < -0.4 is 5.32 Å². The second-order valence-electron chi connectivity index (χ2n) is 5.34. The van der Waals surface area contributed by atoms with Gasteiger partial charge in [-0.05, 0) is 33.6 Å². The molecule has 1 fully saturated rings. The van der Waals surface area contributed by atoms with Crippen molar-refractivity contribution in [3.05, 3.63) is 0 Å². The quantitative estimate of drug-likeness (QED) is 0.801. The van der Waals surface area contributed by atoms with E-state index in [4.69, 9.17) is 4.74 Å². The summed E-state index contributed by atoms with van der Waals surface area (Å²) in [5.74, 6) is -0.0199. The summed E-state index contributed by atoms with van der Waals surface area (Å²) in [6.07, 6.45) is 1.34. The van der Waals surface area contributed by atoms with E-state index in [1.807, 2.05) is 20.8 Å². The van der Waals surface area contributed by atoms with Gasteiger partial charge in [-0.2, -0.15) is 0 Å². The van der Waals surface area contributed by atoms with Crippen molar-refractivity contribution in [3.63, 3.8) is 0 Å². The molecule has 5 nitrogen and oxygen atoms in total. The van der Waals surface area contributed by atoms with Gasteiger partial charge in [-0.15, -0.1) is 0 Å². The maximum absolute atomic E-state index is 11.5. The Hall–Kier alpha value is -0.620. The Labute approximate surface area is 103 Å². The predicted molar refractivity (Wildman–Crippen MR) is 65.5 cm³/mol. The van der Waals surface area contributed by atoms with Crippen LogP contribution in [0.3, 0.4) is 0 Å². The van der Waals surface area contributed by atoms with Gasteiger partial charge in [0.05, 0.1) is 16.6 Å². The summed E-state index contributed by atoms with van der Waals surface area (Å²) in [5.41, 5.74) is -0.364. The molecule has 1 atom stereocenters. The highest BCUT2D eigenvalue weighted by atomic mass is 32.2. The van der Waals surface area contributed by atoms with E-state index in [0.717, 1.165) is 0 Å². The lowest BCUT2D eigenvalue weighted by molar-refractivity contribution is -0.130. The Morgan fingerprint density at radius 1 is 1.41 bits per heavy atom. The molecular weight excluding hydrogens is 242 g/mol. The first-order chi connectivity index (χ1) is 7.71. The molecule has 1 saturated heterocycles. The summed E-state index contributed by atoms with van der Waals surface area (Å²) in [4.78, 5) is 11.4. The molecule has 1 unspecified atom stereocenters. The fourth-order valence-corrected chi connectivity index (χ4v) is 3.41. The molecule has 6 heteroatoms. The van der Waals surface area contributed by atoms with Crippen molar-refractivity contribution in [2.75, 3.05) is 18.9 Å². The number of ether oxygens (including phenoxy) is 1. The molecule has 0 aromatic heterocycles. The minimum absolute atomic E-state index is 0.0315. The molecule has 17 heavy (non-hydrogen) atoms. The molecule has 0 aliphatic carbocycles. The lowest BCUT2D eigenvalue weighted by Crippen LogP contribution is -2.38. The fourth-order valence-electron chi connectivity index (χ4n) is 1.65. The molecule has 1 aliphatic heterocycles. The summed E-state index contributed by atoms with van der Waals surface area (Å²) in [5, 5.41) is 2.19. The third-order valence-corrected chi connectivity index (χ3v) is 4.90. The molecule has 0 aromatic carbocycles. The normalized spacial score (nSPS) is 23.6. The van der Waals surface area contributed by atoms with Crippen LogP contribution in [0.15, 0.2) is 0 Å². The Morgan fingerprint density at radius 3 is 2.53 bits per heavy atom. The van der Waals surface area contributed by atoms with Crippen molar-refractivity contribution < 1.29 is 17.9 Å². The first kappa shape index (κ1) is 14.4. The summed E-state index contributed by atoms with van der Waals surface area (Å²) < 4.78 is 28.3. The molecule has 0 bridgehead atoms. The molecular formula is C11H21NO4S. The van der Waals surface area contributed by atoms with Gasteiger partial charge in [0, 0.05) is 6.54 Å². The maximum atomic E-state index is 11.5. The molecule has 0 spiro atoms. The summed E-state index contributed by atoms with van der Waals surface area (Å²) in [6, 6.07) is 0. The lowest BCUT2D eigenvalue weighted by Gasteiger charge is -2.19. The van der Waals surface area contributed by atoms with Gasteiger partial charge in [0.25, 0.3) is 0 Å². The average Bonchev–Trinajstić information content (AvgIpc) is 2.50. The minimum atomic E-state index is -2.98. The van der Waals surface area contributed by atoms with E-state index in [1.165, 1.54) is 0 Å². The van der Waals surface area contributed by atoms with Crippen LogP contribution in [0.4, 0.5) is 0 Å². The van der Waals surface area contributed by atoms with Gasteiger partial charge >= 0.3 is 0 Å². The smallest absolute Gasteiger partial charge is 0.246 e. The second-order valence-corrected chi connectivity index (χ2v) is 7.74. The molecule has 1 amide bonds. The highest BCUT2D eigenvalue weighted by Gasteiger charge is 2.31. The molecule has 0 aromatic rings. The van der Waals surface area contributed by atoms with Gasteiger partial charge in [0.15, 0.2) is 9.84 Å². The predicted octanol–water partition coefficient (Wildman–Crippen LogP) is 0.495. The Bertz CT molecular complexity index is 369. The van der Waals surface area contributed by atoms with Crippen LogP contribution in [0, 0.1) is 0 Å². The number of carbonyl (C=O) groups excluding carboxylic acids is 1. The van der Waals surface area contributed by atoms with E-state index in [9.17, 15) is 13.2 Å². The highest BCUT2D eigenvalue weighted by molar-refractivity contribution is 7.92. The van der Waals surface area contributed by atoms with Gasteiger partial charge in [0.1, 0.15) is 6.61 Å². The lowest BCUT2D eigenvalue weighted by atomic mass is 10.2. The molecule has 0 radical (unpaired) electrons. The van der Waals surface area contributed by atoms with Crippen LogP contribution in [-0.2, 0) is 19.4 Å². The number of amides is 1. The topological polar surface area (TPSA) is 72.5 Å². The Morgan fingerprint density at radius 2 is 2.06 bits per heavy atom. The van der Waals surface area contributed by atoms with Crippen LogP contribution in [-0.4, -0.2) is 44.1 Å². The zero-order valence-electron chi connectivity index (χ0n) is 10.7. The van der Waals surface area contributed by atoms with Gasteiger partial charge in [-0.1, -0.05) is 0 Å². The van der Waals surface area contributed by atoms with E-state index in [1.54, 1.807) is 0 Å². The summed E-state index contributed by atoms with van der Waals surface area (Å²) >= 11 is 0. The van der Waals surface area contributed by atoms with Crippen LogP contribution in [0.5, 0.6) is 0 Å². The second kappa shape index (κ2) is 5.35. The molecule has 1 rings (SSSR count). The van der Waals surface area contributed by atoms with Crippen LogP contribution >= 0.6 is 0 Å². The van der Waals surface area contributed by atoms with Gasteiger partial charge in [-0.3, -0.25) is 4.79 Å². The average molecular weight is 263 g/mol. The first-order valence-corrected chi connectivity index (χ1v) is 7.54. The maximum Gasteiger partial charge on any atom is 0.246 e. The molecule has 1 N–H and O–H groups in total. The zero-order chi connectivity index (χ0) is 13.1. The monoisotopic (exact) mass is 263 g/mol. The van der Waals surface area contributed by atoms with Gasteiger partial charge < -0.3 is 10.1 Å². The van der Waals surface area contributed by atoms with Crippen molar-refractivity contribution in [1.29, 1.82) is 0 Å². The third-order valence-electron chi connectivity index (χ3n) is 2.63. The van der Waals surface area contributed by atoms with Crippen molar-refractivity contribution in [2.24, 2.45) is 0 Å². The molecule has 100 valence electrons. The number of nitrogens with one attached hydrogen (secondary N) is 1. The third kappa shape index (κ3) is 5.04. The van der Waals surface area contributed by atoms with Gasteiger partial charge in [-0.25, -0.2) is 8.42 Å².